The number of carbonyl (C=O) groups excluding carboxylic acids is 1. The van der Waals surface area contributed by atoms with Crippen molar-refractivity contribution < 1.29 is 4.79 Å². The van der Waals surface area contributed by atoms with Crippen LogP contribution in [0.4, 0.5) is 0 Å². The van der Waals surface area contributed by atoms with Crippen LogP contribution in [0.1, 0.15) is 31.7 Å². The molecule has 1 rings (SSSR count). The van der Waals surface area contributed by atoms with Crippen molar-refractivity contribution in [1.29, 1.82) is 0 Å². The molecule has 1 aromatic carbocycles. The molecule has 0 saturated carbocycles. The molecule has 0 radical (unpaired) electrons. The van der Waals surface area contributed by atoms with Gasteiger partial charge in [0.2, 0.25) is 0 Å². The van der Waals surface area contributed by atoms with Crippen LogP contribution in [-0.4, -0.2) is 5.78 Å². The SMILES string of the molecule is CCCCC(=O)Cc1ccc(I)cc1. The minimum absolute atomic E-state index is 0.355. The second kappa shape index (κ2) is 6.17. The van der Waals surface area contributed by atoms with Crippen LogP contribution in [-0.2, 0) is 11.2 Å². The minimum atomic E-state index is 0.355. The summed E-state index contributed by atoms with van der Waals surface area (Å²) in [6.45, 7) is 2.11. The summed E-state index contributed by atoms with van der Waals surface area (Å²) in [6, 6.07) is 8.16. The summed E-state index contributed by atoms with van der Waals surface area (Å²) >= 11 is 2.27. The predicted molar refractivity (Wildman–Crippen MR) is 67.4 cm³/mol. The first-order valence-electron chi connectivity index (χ1n) is 4.98. The molecule has 76 valence electrons. The van der Waals surface area contributed by atoms with Crippen LogP contribution in [0.3, 0.4) is 0 Å². The molecule has 2 heteroatoms. The summed E-state index contributed by atoms with van der Waals surface area (Å²) in [4.78, 5) is 11.5. The zero-order chi connectivity index (χ0) is 10.4. The van der Waals surface area contributed by atoms with Gasteiger partial charge in [-0.05, 0) is 46.7 Å². The molecule has 0 spiro atoms. The van der Waals surface area contributed by atoms with E-state index in [4.69, 9.17) is 0 Å². The molecule has 0 heterocycles. The monoisotopic (exact) mass is 302 g/mol. The smallest absolute Gasteiger partial charge is 0.137 e. The van der Waals surface area contributed by atoms with Gasteiger partial charge in [-0.25, -0.2) is 0 Å². The second-order valence-corrected chi connectivity index (χ2v) is 4.69. The normalized spacial score (nSPS) is 10.1. The maximum atomic E-state index is 11.5. The Hall–Kier alpha value is -0.380. The number of carbonyl (C=O) groups is 1. The van der Waals surface area contributed by atoms with Crippen molar-refractivity contribution in [1.82, 2.24) is 0 Å². The molecular formula is C12H15IO. The fraction of sp³-hybridized carbons (Fsp3) is 0.417. The zero-order valence-electron chi connectivity index (χ0n) is 8.42. The van der Waals surface area contributed by atoms with Gasteiger partial charge >= 0.3 is 0 Å². The lowest BCUT2D eigenvalue weighted by Crippen LogP contribution is -2.01. The van der Waals surface area contributed by atoms with E-state index < -0.39 is 0 Å². The first-order valence-corrected chi connectivity index (χ1v) is 6.06. The van der Waals surface area contributed by atoms with Gasteiger partial charge in [0, 0.05) is 16.4 Å². The Kier molecular flexibility index (Phi) is 5.15. The molecular weight excluding hydrogens is 287 g/mol. The Labute approximate surface area is 99.0 Å². The molecule has 0 aliphatic carbocycles. The van der Waals surface area contributed by atoms with Crippen molar-refractivity contribution in [3.8, 4) is 0 Å². The van der Waals surface area contributed by atoms with Crippen LogP contribution in [0.5, 0.6) is 0 Å². The second-order valence-electron chi connectivity index (χ2n) is 3.45. The van der Waals surface area contributed by atoms with E-state index in [9.17, 15) is 4.79 Å². The Balaban J connectivity index is 2.44. The first-order chi connectivity index (χ1) is 6.72. The molecule has 0 fully saturated rings. The number of halogens is 1. The molecule has 1 nitrogen and oxygen atoms in total. The number of ketones is 1. The summed E-state index contributed by atoms with van der Waals surface area (Å²) in [5.41, 5.74) is 1.13. The molecule has 0 bridgehead atoms. The van der Waals surface area contributed by atoms with Gasteiger partial charge in [0.1, 0.15) is 5.78 Å². The van der Waals surface area contributed by atoms with E-state index in [-0.39, 0.29) is 0 Å². The van der Waals surface area contributed by atoms with Gasteiger partial charge in [-0.15, -0.1) is 0 Å². The Morgan fingerprint density at radius 2 is 1.93 bits per heavy atom. The number of unbranched alkanes of at least 4 members (excludes halogenated alkanes) is 1. The fourth-order valence-electron chi connectivity index (χ4n) is 1.29. The molecule has 0 aliphatic rings. The van der Waals surface area contributed by atoms with Crippen LogP contribution < -0.4 is 0 Å². The molecule has 0 aromatic heterocycles. The lowest BCUT2D eigenvalue weighted by Gasteiger charge is -2.00. The van der Waals surface area contributed by atoms with Crippen molar-refractivity contribution in [3.05, 3.63) is 33.4 Å². The molecule has 0 unspecified atom stereocenters. The molecule has 14 heavy (non-hydrogen) atoms. The summed E-state index contributed by atoms with van der Waals surface area (Å²) in [6.07, 6.45) is 3.43. The van der Waals surface area contributed by atoms with Gasteiger partial charge in [-0.1, -0.05) is 25.5 Å². The Morgan fingerprint density at radius 1 is 1.29 bits per heavy atom. The summed E-state index contributed by atoms with van der Waals surface area (Å²) < 4.78 is 1.22. The number of hydrogen-bond donors (Lipinski definition) is 0. The quantitative estimate of drug-likeness (QED) is 0.760. The highest BCUT2D eigenvalue weighted by Crippen LogP contribution is 2.09. The van der Waals surface area contributed by atoms with Crippen LogP contribution in [0.15, 0.2) is 24.3 Å². The molecule has 0 atom stereocenters. The molecule has 0 aliphatic heterocycles. The van der Waals surface area contributed by atoms with E-state index in [2.05, 4.69) is 29.5 Å². The van der Waals surface area contributed by atoms with Crippen LogP contribution >= 0.6 is 22.6 Å². The van der Waals surface area contributed by atoms with Gasteiger partial charge in [-0.2, -0.15) is 0 Å². The highest BCUT2D eigenvalue weighted by atomic mass is 127. The van der Waals surface area contributed by atoms with Gasteiger partial charge in [-0.3, -0.25) is 4.79 Å². The third kappa shape index (κ3) is 4.22. The highest BCUT2D eigenvalue weighted by molar-refractivity contribution is 14.1. The maximum Gasteiger partial charge on any atom is 0.137 e. The standard InChI is InChI=1S/C12H15IO/c1-2-3-4-12(14)9-10-5-7-11(13)8-6-10/h5-8H,2-4,9H2,1H3. The topological polar surface area (TPSA) is 17.1 Å². The van der Waals surface area contributed by atoms with Gasteiger partial charge in [0.05, 0.1) is 0 Å². The van der Waals surface area contributed by atoms with E-state index in [1.165, 1.54) is 3.57 Å². The van der Waals surface area contributed by atoms with E-state index in [0.29, 0.717) is 12.2 Å². The molecule has 0 N–H and O–H groups in total. The van der Waals surface area contributed by atoms with Crippen molar-refractivity contribution in [2.75, 3.05) is 0 Å². The van der Waals surface area contributed by atoms with Crippen LogP contribution in [0, 0.1) is 3.57 Å². The number of hydrogen-bond acceptors (Lipinski definition) is 1. The van der Waals surface area contributed by atoms with Crippen LogP contribution in [0.25, 0.3) is 0 Å². The van der Waals surface area contributed by atoms with E-state index in [1.807, 2.05) is 24.3 Å². The van der Waals surface area contributed by atoms with Crippen molar-refractivity contribution in [3.63, 3.8) is 0 Å². The van der Waals surface area contributed by atoms with Crippen molar-refractivity contribution in [2.24, 2.45) is 0 Å². The number of Topliss-reactive ketones (excluding diaryl/α,β-unsaturated/α-hetero) is 1. The summed E-state index contributed by atoms with van der Waals surface area (Å²) in [5, 5.41) is 0. The Bertz CT molecular complexity index is 290. The molecule has 1 aromatic rings. The third-order valence-corrected chi connectivity index (χ3v) is 2.84. The van der Waals surface area contributed by atoms with Crippen molar-refractivity contribution >= 4 is 28.4 Å². The van der Waals surface area contributed by atoms with Crippen LogP contribution in [0.2, 0.25) is 0 Å². The zero-order valence-corrected chi connectivity index (χ0v) is 10.6. The lowest BCUT2D eigenvalue weighted by atomic mass is 10.1. The molecule has 0 amide bonds. The third-order valence-electron chi connectivity index (χ3n) is 2.12. The first kappa shape index (κ1) is 11.7. The number of benzene rings is 1. The van der Waals surface area contributed by atoms with Crippen molar-refractivity contribution in [2.45, 2.75) is 32.6 Å². The fourth-order valence-corrected chi connectivity index (χ4v) is 1.65. The Morgan fingerprint density at radius 3 is 2.50 bits per heavy atom. The van der Waals surface area contributed by atoms with E-state index in [0.717, 1.165) is 24.8 Å². The lowest BCUT2D eigenvalue weighted by molar-refractivity contribution is -0.118. The summed E-state index contributed by atoms with van der Waals surface area (Å²) in [5.74, 6) is 0.355. The predicted octanol–water partition coefficient (Wildman–Crippen LogP) is 3.59. The number of rotatable bonds is 5. The maximum absolute atomic E-state index is 11.5. The average Bonchev–Trinajstić information content (AvgIpc) is 2.18. The average molecular weight is 302 g/mol. The molecule has 0 saturated heterocycles. The van der Waals surface area contributed by atoms with Gasteiger partial charge in [0.15, 0.2) is 0 Å². The van der Waals surface area contributed by atoms with Gasteiger partial charge in [0.25, 0.3) is 0 Å². The largest absolute Gasteiger partial charge is 0.299 e. The highest BCUT2D eigenvalue weighted by Gasteiger charge is 2.02. The minimum Gasteiger partial charge on any atom is -0.299 e. The van der Waals surface area contributed by atoms with E-state index >= 15 is 0 Å². The van der Waals surface area contributed by atoms with E-state index in [1.54, 1.807) is 0 Å². The van der Waals surface area contributed by atoms with Gasteiger partial charge < -0.3 is 0 Å². The summed E-state index contributed by atoms with van der Waals surface area (Å²) in [7, 11) is 0.